The fraction of sp³-hybridized carbons (Fsp3) is 0.667. The summed E-state index contributed by atoms with van der Waals surface area (Å²) in [7, 11) is 0. The molecule has 0 aliphatic rings. The van der Waals surface area contributed by atoms with Crippen LogP contribution in [-0.4, -0.2) is 23.4 Å². The third-order valence-electron chi connectivity index (χ3n) is 0.729. The van der Waals surface area contributed by atoms with E-state index in [9.17, 15) is 17.6 Å². The average Bonchev–Trinajstić information content (AvgIpc) is 2.04. The quantitative estimate of drug-likeness (QED) is 0.431. The maximum absolute atomic E-state index is 11.3. The second-order valence-electron chi connectivity index (χ2n) is 1.80. The average molecular weight is 227 g/mol. The number of carboxylic acids is 1. The first kappa shape index (κ1) is 19.7. The number of carbonyl (C=O) groups is 1. The van der Waals surface area contributed by atoms with E-state index in [0.29, 0.717) is 0 Å². The van der Waals surface area contributed by atoms with Gasteiger partial charge in [0, 0.05) is 0 Å². The zero-order valence-electron chi connectivity index (χ0n) is 7.64. The number of hydrogen-bond donors (Lipinski definition) is 1. The molecule has 8 heteroatoms. The summed E-state index contributed by atoms with van der Waals surface area (Å²) in [6, 6.07) is 0. The molecular weight excluding hydrogens is 219 g/mol. The van der Waals surface area contributed by atoms with Crippen LogP contribution in [0.15, 0.2) is 0 Å². The van der Waals surface area contributed by atoms with Gasteiger partial charge < -0.3 is 15.0 Å². The zero-order valence-corrected chi connectivity index (χ0v) is 9.64. The summed E-state index contributed by atoms with van der Waals surface area (Å²) in [5.41, 5.74) is 0. The number of hydrogen-bond acceptors (Lipinski definition) is 3. The molecule has 1 N–H and O–H groups in total. The van der Waals surface area contributed by atoms with Crippen molar-refractivity contribution in [3.8, 4) is 0 Å². The first-order valence-electron chi connectivity index (χ1n) is 3.13. The second-order valence-corrected chi connectivity index (χ2v) is 1.80. The Morgan fingerprint density at radius 2 is 1.86 bits per heavy atom. The van der Waals surface area contributed by atoms with Crippen molar-refractivity contribution in [2.75, 3.05) is 0 Å². The Morgan fingerprint density at radius 3 is 1.86 bits per heavy atom. The minimum Gasteiger partial charge on any atom is -0.544 e. The molecule has 0 aromatic heterocycles. The monoisotopic (exact) mass is 227 g/mol. The largest absolute Gasteiger partial charge is 1.00 e. The molecule has 0 amide bonds. The summed E-state index contributed by atoms with van der Waals surface area (Å²) in [4.78, 5) is 9.12. The molecule has 79 valence electrons. The summed E-state index contributed by atoms with van der Waals surface area (Å²) in [6.45, 7) is 3.00. The molecule has 0 heterocycles. The minimum atomic E-state index is -5.03. The molecule has 0 fully saturated rings. The van der Waals surface area contributed by atoms with Gasteiger partial charge in [-0.05, 0) is 6.42 Å². The van der Waals surface area contributed by atoms with Crippen LogP contribution in [0.4, 0.5) is 17.6 Å². The van der Waals surface area contributed by atoms with E-state index in [2.05, 4.69) is 0 Å². The van der Waals surface area contributed by atoms with Gasteiger partial charge in [-0.25, -0.2) is 8.78 Å². The normalized spacial score (nSPS) is 9.93. The van der Waals surface area contributed by atoms with Crippen LogP contribution in [0.1, 0.15) is 13.3 Å². The van der Waals surface area contributed by atoms with Crippen LogP contribution in [0.25, 0.3) is 0 Å². The Bertz CT molecular complexity index is 152. The number of carboxylic acid groups (broad SMARTS) is 1. The van der Waals surface area contributed by atoms with Crippen LogP contribution in [0.3, 0.4) is 0 Å². The molecule has 14 heavy (non-hydrogen) atoms. The van der Waals surface area contributed by atoms with Crippen molar-refractivity contribution >= 4 is 5.97 Å². The van der Waals surface area contributed by atoms with E-state index in [1.807, 2.05) is 6.92 Å². The Hall–Kier alpha value is 0.150. The van der Waals surface area contributed by atoms with Crippen molar-refractivity contribution in [2.45, 2.75) is 25.7 Å². The van der Waals surface area contributed by atoms with Gasteiger partial charge in [-0.2, -0.15) is 8.78 Å². The van der Waals surface area contributed by atoms with Crippen LogP contribution in [0.2, 0.25) is 0 Å². The van der Waals surface area contributed by atoms with Crippen molar-refractivity contribution in [3.05, 3.63) is 6.61 Å². The first-order valence-corrected chi connectivity index (χ1v) is 3.13. The van der Waals surface area contributed by atoms with Crippen molar-refractivity contribution in [2.24, 2.45) is 0 Å². The van der Waals surface area contributed by atoms with E-state index in [1.165, 1.54) is 0 Å². The summed E-state index contributed by atoms with van der Waals surface area (Å²) >= 11 is 0. The van der Waals surface area contributed by atoms with Gasteiger partial charge in [0.2, 0.25) is 0 Å². The zero-order chi connectivity index (χ0) is 11.1. The van der Waals surface area contributed by atoms with Gasteiger partial charge in [0.25, 0.3) is 0 Å². The van der Waals surface area contributed by atoms with E-state index in [-0.39, 0.29) is 29.6 Å². The summed E-state index contributed by atoms with van der Waals surface area (Å²) in [6.07, 6.45) is -3.46. The molecule has 0 aliphatic carbocycles. The fourth-order valence-corrected chi connectivity index (χ4v) is 0.0891. The van der Waals surface area contributed by atoms with Crippen LogP contribution < -0.4 is 34.7 Å². The Morgan fingerprint density at radius 1 is 1.57 bits per heavy atom. The predicted octanol–water partition coefficient (Wildman–Crippen LogP) is -2.43. The van der Waals surface area contributed by atoms with E-state index in [0.717, 1.165) is 13.0 Å². The molecule has 0 saturated carbocycles. The van der Waals surface area contributed by atoms with Crippen LogP contribution in [0.5, 0.6) is 0 Å². The third-order valence-corrected chi connectivity index (χ3v) is 0.729. The predicted molar refractivity (Wildman–Crippen MR) is 32.5 cm³/mol. The molecule has 0 saturated heterocycles. The molecule has 0 bridgehead atoms. The van der Waals surface area contributed by atoms with Crippen molar-refractivity contribution < 1.29 is 62.1 Å². The smallest absolute Gasteiger partial charge is 0.544 e. The second kappa shape index (κ2) is 9.70. The van der Waals surface area contributed by atoms with Crippen molar-refractivity contribution in [1.29, 1.82) is 0 Å². The number of aliphatic carboxylic acids is 1. The molecule has 0 spiro atoms. The maximum atomic E-state index is 11.3. The molecule has 0 unspecified atom stereocenters. The number of aliphatic hydroxyl groups excluding tert-OH is 1. The molecule has 0 atom stereocenters. The molecule has 3 nitrogen and oxygen atoms in total. The Labute approximate surface area is 100 Å². The van der Waals surface area contributed by atoms with Crippen molar-refractivity contribution in [3.63, 3.8) is 0 Å². The number of alkyl halides is 4. The SMILES string of the molecule is CC[CH]O.O=C([O-])C(F)(F)C(F)F.[Na+]. The van der Waals surface area contributed by atoms with Crippen LogP contribution in [0, 0.1) is 6.61 Å². The van der Waals surface area contributed by atoms with Gasteiger partial charge in [-0.15, -0.1) is 0 Å². The third kappa shape index (κ3) is 8.74. The molecule has 0 aliphatic heterocycles. The van der Waals surface area contributed by atoms with Crippen LogP contribution >= 0.6 is 0 Å². The van der Waals surface area contributed by atoms with Gasteiger partial charge in [0.1, 0.15) is 5.97 Å². The Kier molecular flexibility index (Phi) is 13.6. The number of aliphatic hydroxyl groups is 1. The Balaban J connectivity index is -0.000000209. The summed E-state index contributed by atoms with van der Waals surface area (Å²) in [5.74, 6) is -8.09. The maximum Gasteiger partial charge on any atom is 1.00 e. The van der Waals surface area contributed by atoms with Crippen LogP contribution in [-0.2, 0) is 4.79 Å². The van der Waals surface area contributed by atoms with E-state index >= 15 is 0 Å². The standard InChI is InChI=1S/C3H2F4O2.C3H7O.Na/c4-1(5)3(6,7)2(8)9;1-2-3-4;/h1H,(H,8,9);3-4H,2H2,1H3;/q;;+1/p-1. The molecule has 1 radical (unpaired) electrons. The van der Waals surface area contributed by atoms with E-state index < -0.39 is 18.3 Å². The van der Waals surface area contributed by atoms with Gasteiger partial charge in [-0.1, -0.05) is 6.92 Å². The van der Waals surface area contributed by atoms with E-state index in [1.54, 1.807) is 0 Å². The van der Waals surface area contributed by atoms with Crippen molar-refractivity contribution in [1.82, 2.24) is 0 Å². The van der Waals surface area contributed by atoms with Gasteiger partial charge in [-0.3, -0.25) is 0 Å². The minimum absolute atomic E-state index is 0. The molecule has 0 rings (SSSR count). The topological polar surface area (TPSA) is 60.4 Å². The molecular formula is C6H8F4NaO3. The van der Waals surface area contributed by atoms with E-state index in [4.69, 9.17) is 15.0 Å². The summed E-state index contributed by atoms with van der Waals surface area (Å²) < 4.78 is 44.3. The first-order chi connectivity index (χ1) is 5.80. The molecule has 0 aromatic carbocycles. The van der Waals surface area contributed by atoms with Gasteiger partial charge in [0.15, 0.2) is 0 Å². The number of carbonyl (C=O) groups excluding carboxylic acids is 1. The van der Waals surface area contributed by atoms with Gasteiger partial charge >= 0.3 is 41.9 Å². The number of halogens is 4. The van der Waals surface area contributed by atoms with Gasteiger partial charge in [0.05, 0.1) is 6.61 Å². The summed E-state index contributed by atoms with van der Waals surface area (Å²) in [5, 5.41) is 16.9. The molecule has 0 aromatic rings. The fourth-order valence-electron chi connectivity index (χ4n) is 0.0891. The number of rotatable bonds is 3.